The number of amidine groups is 1. The third-order valence-corrected chi connectivity index (χ3v) is 9.89. The molecule has 2 saturated heterocycles. The van der Waals surface area contributed by atoms with Crippen molar-refractivity contribution in [1.29, 1.82) is 5.41 Å². The van der Waals surface area contributed by atoms with E-state index in [-0.39, 0.29) is 49.3 Å². The van der Waals surface area contributed by atoms with Crippen molar-refractivity contribution < 1.29 is 24.0 Å². The molecule has 0 aromatic heterocycles. The average molecular weight is 695 g/mol. The van der Waals surface area contributed by atoms with Crippen molar-refractivity contribution in [2.75, 3.05) is 32.4 Å². The highest BCUT2D eigenvalue weighted by Gasteiger charge is 2.42. The second-order valence-electron chi connectivity index (χ2n) is 12.6. The van der Waals surface area contributed by atoms with Crippen LogP contribution in [0.1, 0.15) is 91.4 Å². The van der Waals surface area contributed by atoms with E-state index in [9.17, 15) is 24.0 Å². The standard InChI is InChI=1S/C32H58N10O5S/c1-5-6-7-11-22(29(44)35-4)39-31(46)24(18-36-17-15-20(2)33)40-30(45)23(12-10-16-37-21(3)34)38-27(43)14-9-8-13-26-28-25(19-48-26)41-32(47)42-28/h22-26,28,33,36H,5-19H2,1-4H3,(H2,34,37)(H,35,44)(H,38,43)(H,39,46)(H,40,45)(H2,41,42,47)/t22?,23?,24?,25-,26-,28-/m0/s1. The van der Waals surface area contributed by atoms with Gasteiger partial charge in [0.25, 0.3) is 0 Å². The van der Waals surface area contributed by atoms with Gasteiger partial charge in [-0.1, -0.05) is 32.6 Å². The number of urea groups is 1. The molecule has 6 amide bonds. The van der Waals surface area contributed by atoms with Gasteiger partial charge in [0.1, 0.15) is 18.1 Å². The summed E-state index contributed by atoms with van der Waals surface area (Å²) in [7, 11) is 1.51. The van der Waals surface area contributed by atoms with E-state index in [2.05, 4.69) is 49.1 Å². The highest BCUT2D eigenvalue weighted by Crippen LogP contribution is 2.33. The minimum Gasteiger partial charge on any atom is -0.388 e. The summed E-state index contributed by atoms with van der Waals surface area (Å²) in [6.07, 6.45) is 6.90. The SMILES string of the molecule is CCCCCC(NC(=O)C(CNCCC(C)=N)NC(=O)C(CCCN=C(C)N)NC(=O)CCCC[C@@H]1SC[C@@H]2NC(=O)N[C@@H]21)C(=O)NC. The topological polar surface area (TPSA) is 232 Å². The molecule has 16 heteroatoms. The highest BCUT2D eigenvalue weighted by molar-refractivity contribution is 8.00. The van der Waals surface area contributed by atoms with Crippen LogP contribution in [0.2, 0.25) is 0 Å². The van der Waals surface area contributed by atoms with E-state index in [4.69, 9.17) is 11.1 Å². The van der Waals surface area contributed by atoms with Gasteiger partial charge >= 0.3 is 6.03 Å². The molecule has 2 fully saturated rings. The van der Waals surface area contributed by atoms with Crippen molar-refractivity contribution in [3.05, 3.63) is 0 Å². The normalized spacial score (nSPS) is 20.5. The van der Waals surface area contributed by atoms with Gasteiger partial charge in [0.15, 0.2) is 0 Å². The second kappa shape index (κ2) is 22.3. The van der Waals surface area contributed by atoms with E-state index in [1.54, 1.807) is 13.8 Å². The van der Waals surface area contributed by atoms with E-state index in [1.807, 2.05) is 11.8 Å². The van der Waals surface area contributed by atoms with Crippen LogP contribution in [-0.2, 0) is 19.2 Å². The fraction of sp³-hybridized carbons (Fsp3) is 0.781. The number of amides is 6. The van der Waals surface area contributed by atoms with Crippen molar-refractivity contribution in [2.24, 2.45) is 10.7 Å². The molecule has 0 bridgehead atoms. The quantitative estimate of drug-likeness (QED) is 0.0301. The highest BCUT2D eigenvalue weighted by atomic mass is 32.2. The van der Waals surface area contributed by atoms with Crippen LogP contribution in [0.15, 0.2) is 4.99 Å². The molecule has 10 N–H and O–H groups in total. The Bertz CT molecular complexity index is 1120. The van der Waals surface area contributed by atoms with Crippen LogP contribution in [0.3, 0.4) is 0 Å². The molecule has 48 heavy (non-hydrogen) atoms. The summed E-state index contributed by atoms with van der Waals surface area (Å²) < 4.78 is 0. The summed E-state index contributed by atoms with van der Waals surface area (Å²) in [5.74, 6) is -0.302. The Morgan fingerprint density at radius 2 is 1.62 bits per heavy atom. The number of thioether (sulfide) groups is 1. The van der Waals surface area contributed by atoms with Gasteiger partial charge in [-0.3, -0.25) is 24.2 Å². The number of nitrogens with zero attached hydrogens (tertiary/aromatic N) is 1. The predicted octanol–water partition coefficient (Wildman–Crippen LogP) is 0.670. The molecular formula is C32H58N10O5S. The average Bonchev–Trinajstić information content (AvgIpc) is 3.59. The lowest BCUT2D eigenvalue weighted by Gasteiger charge is -2.25. The largest absolute Gasteiger partial charge is 0.388 e. The number of nitrogens with one attached hydrogen (secondary N) is 8. The Kier molecular flexibility index (Phi) is 18.9. The van der Waals surface area contributed by atoms with Gasteiger partial charge in [-0.15, -0.1) is 0 Å². The minimum absolute atomic E-state index is 0.0780. The Morgan fingerprint density at radius 1 is 0.938 bits per heavy atom. The van der Waals surface area contributed by atoms with Crippen LogP contribution < -0.4 is 43.0 Å². The van der Waals surface area contributed by atoms with Gasteiger partial charge < -0.3 is 48.4 Å². The molecule has 15 nitrogen and oxygen atoms in total. The summed E-state index contributed by atoms with van der Waals surface area (Å²) >= 11 is 1.83. The molecule has 2 rings (SSSR count). The Labute approximate surface area is 289 Å². The summed E-state index contributed by atoms with van der Waals surface area (Å²) in [5, 5.41) is 28.1. The molecule has 2 heterocycles. The van der Waals surface area contributed by atoms with E-state index < -0.39 is 29.9 Å². The molecule has 272 valence electrons. The van der Waals surface area contributed by atoms with Gasteiger partial charge in [-0.2, -0.15) is 11.8 Å². The maximum Gasteiger partial charge on any atom is 0.315 e. The van der Waals surface area contributed by atoms with Crippen LogP contribution >= 0.6 is 11.8 Å². The van der Waals surface area contributed by atoms with Crippen LogP contribution in [0.5, 0.6) is 0 Å². The molecule has 0 aliphatic carbocycles. The Hall–Kier alpha value is -3.40. The number of likely N-dealkylation sites (N-methyl/N-ethyl adjacent to an activating group) is 1. The summed E-state index contributed by atoms with van der Waals surface area (Å²) in [6.45, 7) is 6.32. The number of hydrogen-bond donors (Lipinski definition) is 9. The van der Waals surface area contributed by atoms with Crippen molar-refractivity contribution >= 4 is 53.0 Å². The second-order valence-corrected chi connectivity index (χ2v) is 13.9. The van der Waals surface area contributed by atoms with E-state index in [1.165, 1.54) is 7.05 Å². The first-order chi connectivity index (χ1) is 22.9. The van der Waals surface area contributed by atoms with Crippen molar-refractivity contribution in [3.63, 3.8) is 0 Å². The molecule has 0 spiro atoms. The lowest BCUT2D eigenvalue weighted by Crippen LogP contribution is -2.59. The Balaban J connectivity index is 2.04. The molecule has 0 aromatic carbocycles. The molecule has 2 aliphatic rings. The minimum atomic E-state index is -1.02. The summed E-state index contributed by atoms with van der Waals surface area (Å²) in [5.41, 5.74) is 6.15. The van der Waals surface area contributed by atoms with E-state index in [0.717, 1.165) is 37.9 Å². The Morgan fingerprint density at radius 3 is 2.31 bits per heavy atom. The van der Waals surface area contributed by atoms with Gasteiger partial charge in [0.05, 0.1) is 17.9 Å². The fourth-order valence-electron chi connectivity index (χ4n) is 5.68. The predicted molar refractivity (Wildman–Crippen MR) is 190 cm³/mol. The molecule has 0 saturated carbocycles. The van der Waals surface area contributed by atoms with Crippen molar-refractivity contribution in [2.45, 2.75) is 127 Å². The van der Waals surface area contributed by atoms with Crippen LogP contribution in [0, 0.1) is 5.41 Å². The zero-order valence-corrected chi connectivity index (χ0v) is 29.9. The summed E-state index contributed by atoms with van der Waals surface area (Å²) in [4.78, 5) is 68.5. The monoisotopic (exact) mass is 694 g/mol. The molecule has 0 radical (unpaired) electrons. The number of nitrogens with two attached hydrogens (primary N) is 1. The van der Waals surface area contributed by atoms with Gasteiger partial charge in [0.2, 0.25) is 23.6 Å². The number of unbranched alkanes of at least 4 members (excludes halogenated alkanes) is 3. The fourth-order valence-corrected chi connectivity index (χ4v) is 7.22. The van der Waals surface area contributed by atoms with Gasteiger partial charge in [-0.25, -0.2) is 4.79 Å². The van der Waals surface area contributed by atoms with Crippen LogP contribution in [-0.4, -0.2) is 109 Å². The first-order valence-corrected chi connectivity index (χ1v) is 18.3. The maximum atomic E-state index is 13.6. The van der Waals surface area contributed by atoms with Crippen molar-refractivity contribution in [3.8, 4) is 0 Å². The summed E-state index contributed by atoms with van der Waals surface area (Å²) in [6, 6.07) is -2.54. The number of hydrogen-bond acceptors (Lipinski definition) is 9. The van der Waals surface area contributed by atoms with Crippen LogP contribution in [0.25, 0.3) is 0 Å². The number of carbonyl (C=O) groups excluding carboxylic acids is 5. The van der Waals surface area contributed by atoms with Gasteiger partial charge in [0, 0.05) is 49.8 Å². The first-order valence-electron chi connectivity index (χ1n) is 17.3. The zero-order chi connectivity index (χ0) is 35.5. The number of carbonyl (C=O) groups is 5. The first kappa shape index (κ1) is 40.8. The number of rotatable bonds is 24. The molecule has 0 aromatic rings. The third kappa shape index (κ3) is 15.2. The zero-order valence-electron chi connectivity index (χ0n) is 29.0. The smallest absolute Gasteiger partial charge is 0.315 e. The van der Waals surface area contributed by atoms with E-state index in [0.29, 0.717) is 55.6 Å². The van der Waals surface area contributed by atoms with E-state index >= 15 is 0 Å². The van der Waals surface area contributed by atoms with Crippen LogP contribution in [0.4, 0.5) is 4.79 Å². The third-order valence-electron chi connectivity index (χ3n) is 8.38. The molecule has 6 atom stereocenters. The lowest BCUT2D eigenvalue weighted by atomic mass is 10.0. The maximum absolute atomic E-state index is 13.6. The molecular weight excluding hydrogens is 636 g/mol. The number of fused-ring (bicyclic) bond motifs is 1. The molecule has 3 unspecified atom stereocenters. The van der Waals surface area contributed by atoms with Crippen molar-refractivity contribution in [1.82, 2.24) is 37.2 Å². The number of aliphatic imine (C=N–C) groups is 1. The van der Waals surface area contributed by atoms with Gasteiger partial charge in [-0.05, 0) is 52.4 Å². The molecule has 2 aliphatic heterocycles. The lowest BCUT2D eigenvalue weighted by molar-refractivity contribution is -0.133.